The van der Waals surface area contributed by atoms with Gasteiger partial charge in [0, 0.05) is 12.1 Å². The second kappa shape index (κ2) is 8.60. The summed E-state index contributed by atoms with van der Waals surface area (Å²) in [5.41, 5.74) is -1.12. The van der Waals surface area contributed by atoms with Gasteiger partial charge in [-0.05, 0) is 62.8 Å². The number of aliphatic imine (C=N–C) groups is 1. The highest BCUT2D eigenvalue weighted by atomic mass is 19.4. The van der Waals surface area contributed by atoms with E-state index in [9.17, 15) is 22.8 Å². The van der Waals surface area contributed by atoms with Crippen LogP contribution in [0.1, 0.15) is 67.9 Å². The van der Waals surface area contributed by atoms with Crippen LogP contribution in [0, 0.1) is 0 Å². The fraction of sp³-hybridized carbons (Fsp3) is 0.480. The Morgan fingerprint density at radius 2 is 1.82 bits per heavy atom. The van der Waals surface area contributed by atoms with Gasteiger partial charge in [0.25, 0.3) is 5.91 Å². The highest BCUT2D eigenvalue weighted by Crippen LogP contribution is 2.41. The summed E-state index contributed by atoms with van der Waals surface area (Å²) in [7, 11) is 0. The summed E-state index contributed by atoms with van der Waals surface area (Å²) in [5.74, 6) is 0.164. The number of carbonyl (C=O) groups is 2. The number of halogens is 3. The van der Waals surface area contributed by atoms with Crippen LogP contribution >= 0.6 is 0 Å². The van der Waals surface area contributed by atoms with E-state index in [0.717, 1.165) is 50.0 Å². The molecule has 2 fully saturated rings. The van der Waals surface area contributed by atoms with Gasteiger partial charge in [-0.3, -0.25) is 14.6 Å². The van der Waals surface area contributed by atoms with Gasteiger partial charge < -0.3 is 14.2 Å². The van der Waals surface area contributed by atoms with Crippen LogP contribution in [0.3, 0.4) is 0 Å². The normalized spacial score (nSPS) is 22.5. The maximum atomic E-state index is 13.5. The average molecular weight is 473 g/mol. The van der Waals surface area contributed by atoms with Crippen LogP contribution < -0.4 is 0 Å². The third-order valence-electron chi connectivity index (χ3n) is 7.15. The zero-order chi connectivity index (χ0) is 23.9. The molecule has 180 valence electrons. The molecule has 2 aromatic rings. The van der Waals surface area contributed by atoms with Crippen molar-refractivity contribution < 1.29 is 27.2 Å². The van der Waals surface area contributed by atoms with E-state index in [1.807, 2.05) is 6.07 Å². The molecule has 3 heterocycles. The first-order chi connectivity index (χ1) is 16.3. The summed E-state index contributed by atoms with van der Waals surface area (Å²) < 4.78 is 44.5. The van der Waals surface area contributed by atoms with E-state index < -0.39 is 23.3 Å². The van der Waals surface area contributed by atoms with E-state index in [2.05, 4.69) is 0 Å². The topological polar surface area (TPSA) is 66.1 Å². The number of likely N-dealkylation sites (tertiary alicyclic amines) is 1. The summed E-state index contributed by atoms with van der Waals surface area (Å²) >= 11 is 0. The van der Waals surface area contributed by atoms with Crippen LogP contribution in [0.25, 0.3) is 0 Å². The summed E-state index contributed by atoms with van der Waals surface area (Å²) in [5, 5.41) is 0. The first-order valence-corrected chi connectivity index (χ1v) is 11.7. The highest BCUT2D eigenvalue weighted by Gasteiger charge is 2.49. The van der Waals surface area contributed by atoms with Crippen LogP contribution in [0.5, 0.6) is 0 Å². The number of alkyl halides is 3. The monoisotopic (exact) mass is 473 g/mol. The Morgan fingerprint density at radius 3 is 2.47 bits per heavy atom. The highest BCUT2D eigenvalue weighted by molar-refractivity contribution is 6.47. The smallest absolute Gasteiger partial charge is 0.416 e. The number of carbonyl (C=O) groups excluding carboxylic acids is 2. The predicted octanol–water partition coefficient (Wildman–Crippen LogP) is 4.95. The SMILES string of the molecule is O=C(CN1C(=O)C(c2ccc(C(F)(F)F)cc2)=NC12CCCCC2)N1CCCC1c1ccco1. The Morgan fingerprint density at radius 1 is 1.09 bits per heavy atom. The molecular weight excluding hydrogens is 447 g/mol. The molecule has 3 aliphatic rings. The third kappa shape index (κ3) is 4.01. The summed E-state index contributed by atoms with van der Waals surface area (Å²) in [6, 6.07) is 7.99. The van der Waals surface area contributed by atoms with Crippen LogP contribution in [0.15, 0.2) is 52.1 Å². The van der Waals surface area contributed by atoms with E-state index in [-0.39, 0.29) is 24.2 Å². The summed E-state index contributed by atoms with van der Waals surface area (Å²) in [6.07, 6.45) is 2.83. The predicted molar refractivity (Wildman–Crippen MR) is 118 cm³/mol. The van der Waals surface area contributed by atoms with Gasteiger partial charge in [-0.15, -0.1) is 0 Å². The van der Waals surface area contributed by atoms with Crippen LogP contribution in [0.4, 0.5) is 13.2 Å². The molecule has 9 heteroatoms. The van der Waals surface area contributed by atoms with Gasteiger partial charge in [0.05, 0.1) is 17.9 Å². The van der Waals surface area contributed by atoms with Crippen molar-refractivity contribution in [3.63, 3.8) is 0 Å². The Bertz CT molecular complexity index is 1090. The third-order valence-corrected chi connectivity index (χ3v) is 7.15. The van der Waals surface area contributed by atoms with Crippen LogP contribution in [0.2, 0.25) is 0 Å². The van der Waals surface area contributed by atoms with Crippen LogP contribution in [-0.4, -0.2) is 46.1 Å². The molecule has 0 N–H and O–H groups in total. The Hall–Kier alpha value is -3.10. The molecule has 1 unspecified atom stereocenters. The van der Waals surface area contributed by atoms with E-state index in [1.165, 1.54) is 12.1 Å². The van der Waals surface area contributed by atoms with Crippen molar-refractivity contribution in [3.05, 3.63) is 59.5 Å². The van der Waals surface area contributed by atoms with Crippen molar-refractivity contribution in [3.8, 4) is 0 Å². The van der Waals surface area contributed by atoms with Crippen molar-refractivity contribution in [2.75, 3.05) is 13.1 Å². The molecule has 0 radical (unpaired) electrons. The zero-order valence-corrected chi connectivity index (χ0v) is 18.7. The zero-order valence-electron chi connectivity index (χ0n) is 18.7. The van der Waals surface area contributed by atoms with Gasteiger partial charge in [0.2, 0.25) is 5.91 Å². The number of rotatable bonds is 4. The van der Waals surface area contributed by atoms with Crippen molar-refractivity contribution in [1.29, 1.82) is 0 Å². The molecule has 1 saturated heterocycles. The van der Waals surface area contributed by atoms with Crippen molar-refractivity contribution in [2.45, 2.75) is 62.8 Å². The molecule has 1 saturated carbocycles. The number of nitrogens with zero attached hydrogens (tertiary/aromatic N) is 3. The first-order valence-electron chi connectivity index (χ1n) is 11.7. The molecule has 2 amide bonds. The quantitative estimate of drug-likeness (QED) is 0.631. The molecule has 1 spiro atoms. The molecule has 1 aliphatic carbocycles. The van der Waals surface area contributed by atoms with Gasteiger partial charge >= 0.3 is 6.18 Å². The lowest BCUT2D eigenvalue weighted by atomic mass is 9.88. The Kier molecular flexibility index (Phi) is 5.73. The number of hydrogen-bond acceptors (Lipinski definition) is 4. The second-order valence-corrected chi connectivity index (χ2v) is 9.23. The Balaban J connectivity index is 1.41. The van der Waals surface area contributed by atoms with Crippen molar-refractivity contribution in [2.24, 2.45) is 4.99 Å². The number of furan rings is 1. The van der Waals surface area contributed by atoms with Crippen LogP contribution in [-0.2, 0) is 15.8 Å². The molecular formula is C25H26F3N3O3. The van der Waals surface area contributed by atoms with E-state index >= 15 is 0 Å². The lowest BCUT2D eigenvalue weighted by Crippen LogP contribution is -2.52. The lowest BCUT2D eigenvalue weighted by Gasteiger charge is -2.39. The van der Waals surface area contributed by atoms with Gasteiger partial charge in [-0.1, -0.05) is 18.6 Å². The minimum Gasteiger partial charge on any atom is -0.467 e. The fourth-order valence-corrected chi connectivity index (χ4v) is 5.42. The molecule has 1 aromatic heterocycles. The average Bonchev–Trinajstić information content (AvgIpc) is 3.56. The minimum atomic E-state index is -4.46. The van der Waals surface area contributed by atoms with E-state index in [0.29, 0.717) is 24.9 Å². The van der Waals surface area contributed by atoms with Gasteiger partial charge in [-0.25, -0.2) is 0 Å². The molecule has 0 bridgehead atoms. The second-order valence-electron chi connectivity index (χ2n) is 9.23. The van der Waals surface area contributed by atoms with Gasteiger partial charge in [0.15, 0.2) is 0 Å². The maximum absolute atomic E-state index is 13.5. The number of hydrogen-bond donors (Lipinski definition) is 0. The van der Waals surface area contributed by atoms with Gasteiger partial charge in [-0.2, -0.15) is 13.2 Å². The van der Waals surface area contributed by atoms with Crippen molar-refractivity contribution in [1.82, 2.24) is 9.80 Å². The van der Waals surface area contributed by atoms with Gasteiger partial charge in [0.1, 0.15) is 23.7 Å². The molecule has 2 aliphatic heterocycles. The first kappa shape index (κ1) is 22.7. The standard InChI is InChI=1S/C25H26F3N3O3/c26-25(27,28)18-10-8-17(9-11-18)22-23(33)31(24(29-22)12-2-1-3-13-24)16-21(32)30-14-4-6-19(30)20-7-5-15-34-20/h5,7-11,15,19H,1-4,6,12-14,16H2. The number of amides is 2. The molecule has 6 nitrogen and oxygen atoms in total. The molecule has 5 rings (SSSR count). The summed E-state index contributed by atoms with van der Waals surface area (Å²) in [6.45, 7) is 0.482. The van der Waals surface area contributed by atoms with Crippen molar-refractivity contribution >= 4 is 17.5 Å². The largest absolute Gasteiger partial charge is 0.467 e. The van der Waals surface area contributed by atoms with E-state index in [1.54, 1.807) is 22.1 Å². The lowest BCUT2D eigenvalue weighted by molar-refractivity contribution is -0.142. The fourth-order valence-electron chi connectivity index (χ4n) is 5.42. The number of benzene rings is 1. The molecule has 34 heavy (non-hydrogen) atoms. The summed E-state index contributed by atoms with van der Waals surface area (Å²) in [4.78, 5) is 35.0. The minimum absolute atomic E-state index is 0.107. The van der Waals surface area contributed by atoms with E-state index in [4.69, 9.17) is 9.41 Å². The molecule has 1 aromatic carbocycles. The Labute approximate surface area is 195 Å². The maximum Gasteiger partial charge on any atom is 0.416 e. The molecule has 1 atom stereocenters.